The molecule has 172 valence electrons. The van der Waals surface area contributed by atoms with Crippen molar-refractivity contribution in [2.24, 2.45) is 0 Å². The van der Waals surface area contributed by atoms with Crippen molar-refractivity contribution in [3.63, 3.8) is 0 Å². The van der Waals surface area contributed by atoms with E-state index in [-0.39, 0.29) is 32.0 Å². The fourth-order valence-corrected chi connectivity index (χ4v) is 3.82. The van der Waals surface area contributed by atoms with Gasteiger partial charge in [0.1, 0.15) is 17.3 Å². The largest absolute Gasteiger partial charge is 0.457 e. The van der Waals surface area contributed by atoms with E-state index < -0.39 is 12.2 Å². The van der Waals surface area contributed by atoms with Gasteiger partial charge in [0.05, 0.1) is 32.0 Å². The molecule has 0 aliphatic carbocycles. The summed E-state index contributed by atoms with van der Waals surface area (Å²) >= 11 is 0. The van der Waals surface area contributed by atoms with E-state index in [9.17, 15) is 24.8 Å². The zero-order valence-corrected chi connectivity index (χ0v) is 17.9. The number of aromatic nitrogens is 1. The number of nitrogens with zero attached hydrogens (tertiary/aromatic N) is 1. The maximum atomic E-state index is 13.1. The monoisotopic (exact) mass is 451 g/mol. The molecule has 0 aliphatic heterocycles. The second-order valence-electron chi connectivity index (χ2n) is 8.00. The topological polar surface area (TPSA) is 95.1 Å². The molecule has 0 saturated carbocycles. The molecule has 0 saturated heterocycles. The van der Waals surface area contributed by atoms with Gasteiger partial charge in [0, 0.05) is 23.5 Å². The Labute approximate surface area is 190 Å². The Morgan fingerprint density at radius 3 is 2.03 bits per heavy atom. The van der Waals surface area contributed by atoms with Gasteiger partial charge in [-0.3, -0.25) is 0 Å². The molecular weight excluding hydrogens is 425 g/mol. The summed E-state index contributed by atoms with van der Waals surface area (Å²) in [7, 11) is 0. The maximum Gasteiger partial charge on any atom is 0.127 e. The van der Waals surface area contributed by atoms with Crippen molar-refractivity contribution >= 4 is 10.9 Å². The fourth-order valence-electron chi connectivity index (χ4n) is 3.82. The second kappa shape index (κ2) is 10.1. The van der Waals surface area contributed by atoms with Crippen LogP contribution < -0.4 is 4.74 Å². The number of fused-ring (bicyclic) bond motifs is 1. The van der Waals surface area contributed by atoms with E-state index in [0.717, 1.165) is 27.6 Å². The smallest absolute Gasteiger partial charge is 0.127 e. The van der Waals surface area contributed by atoms with Crippen LogP contribution in [0.5, 0.6) is 11.5 Å². The molecule has 0 aliphatic rings. The van der Waals surface area contributed by atoms with E-state index in [4.69, 9.17) is 4.74 Å². The number of hydrogen-bond acceptors (Lipinski definition) is 5. The lowest BCUT2D eigenvalue weighted by Crippen LogP contribution is -2.19. The molecular formula is C26H26FNO5. The van der Waals surface area contributed by atoms with E-state index in [2.05, 4.69) is 0 Å². The van der Waals surface area contributed by atoms with Gasteiger partial charge in [-0.05, 0) is 65.2 Å². The van der Waals surface area contributed by atoms with Gasteiger partial charge >= 0.3 is 0 Å². The minimum atomic E-state index is -0.899. The van der Waals surface area contributed by atoms with Gasteiger partial charge < -0.3 is 29.7 Å². The van der Waals surface area contributed by atoms with Crippen molar-refractivity contribution in [1.29, 1.82) is 0 Å². The highest BCUT2D eigenvalue weighted by Gasteiger charge is 2.15. The maximum absolute atomic E-state index is 13.1. The number of ether oxygens (including phenoxy) is 1. The highest BCUT2D eigenvalue weighted by atomic mass is 19.1. The third-order valence-electron chi connectivity index (χ3n) is 5.49. The van der Waals surface area contributed by atoms with Crippen LogP contribution in [0.4, 0.5) is 4.39 Å². The van der Waals surface area contributed by atoms with Gasteiger partial charge in [0.25, 0.3) is 0 Å². The van der Waals surface area contributed by atoms with E-state index in [1.165, 1.54) is 12.1 Å². The average molecular weight is 451 g/mol. The third-order valence-corrected chi connectivity index (χ3v) is 5.49. The Morgan fingerprint density at radius 2 is 1.39 bits per heavy atom. The molecule has 0 spiro atoms. The molecule has 0 bridgehead atoms. The summed E-state index contributed by atoms with van der Waals surface area (Å²) in [5, 5.41) is 39.3. The minimum Gasteiger partial charge on any atom is -0.457 e. The molecule has 1 heterocycles. The summed E-state index contributed by atoms with van der Waals surface area (Å²) in [5.41, 5.74) is 3.62. The predicted molar refractivity (Wildman–Crippen MR) is 124 cm³/mol. The van der Waals surface area contributed by atoms with Crippen LogP contribution in [0.3, 0.4) is 0 Å². The van der Waals surface area contributed by atoms with Crippen molar-refractivity contribution in [2.75, 3.05) is 13.2 Å². The number of aliphatic hydroxyl groups is 4. The predicted octanol–water partition coefficient (Wildman–Crippen LogP) is 3.49. The zero-order valence-electron chi connectivity index (χ0n) is 17.9. The number of aliphatic hydroxyl groups excluding tert-OH is 4. The Balaban J connectivity index is 1.63. The van der Waals surface area contributed by atoms with Crippen LogP contribution in [0.15, 0.2) is 72.9 Å². The molecule has 3 aromatic carbocycles. The zero-order chi connectivity index (χ0) is 23.4. The van der Waals surface area contributed by atoms with Crippen molar-refractivity contribution in [1.82, 2.24) is 4.57 Å². The van der Waals surface area contributed by atoms with Gasteiger partial charge in [-0.25, -0.2) is 4.39 Å². The lowest BCUT2D eigenvalue weighted by atomic mass is 10.0. The molecule has 0 radical (unpaired) electrons. The number of rotatable bonds is 9. The molecule has 4 aromatic rings. The van der Waals surface area contributed by atoms with Crippen LogP contribution in [-0.4, -0.2) is 50.4 Å². The molecule has 0 fully saturated rings. The van der Waals surface area contributed by atoms with Crippen molar-refractivity contribution in [3.05, 3.63) is 84.3 Å². The summed E-state index contributed by atoms with van der Waals surface area (Å²) in [4.78, 5) is 0. The van der Waals surface area contributed by atoms with Gasteiger partial charge in [0.15, 0.2) is 0 Å². The van der Waals surface area contributed by atoms with Crippen LogP contribution >= 0.6 is 0 Å². The van der Waals surface area contributed by atoms with Crippen LogP contribution in [-0.2, 0) is 13.0 Å². The fraction of sp³-hybridized carbons (Fsp3) is 0.231. The molecule has 33 heavy (non-hydrogen) atoms. The van der Waals surface area contributed by atoms with Gasteiger partial charge in [-0.15, -0.1) is 0 Å². The minimum absolute atomic E-state index is 0.219. The summed E-state index contributed by atoms with van der Waals surface area (Å²) in [6.07, 6.45) is 0.317. The molecule has 2 atom stereocenters. The molecule has 4 N–H and O–H groups in total. The molecule has 2 unspecified atom stereocenters. The van der Waals surface area contributed by atoms with E-state index >= 15 is 0 Å². The normalized spacial score (nSPS) is 13.2. The van der Waals surface area contributed by atoms with E-state index in [1.807, 2.05) is 53.2 Å². The van der Waals surface area contributed by atoms with Crippen LogP contribution in [0.25, 0.3) is 22.0 Å². The van der Waals surface area contributed by atoms with Crippen molar-refractivity contribution in [2.45, 2.75) is 25.2 Å². The third kappa shape index (κ3) is 5.40. The molecule has 0 amide bonds. The standard InChI is InChI=1S/C26H26FNO5/c27-20-4-8-24(9-5-20)33-23-6-1-17(2-7-23)18-3-10-26-25(12-18)19(11-21(31)15-29)13-28(26)14-22(32)16-30/h1-10,12-13,21-22,29-32H,11,14-16H2. The Hall–Kier alpha value is -3.23. The van der Waals surface area contributed by atoms with Gasteiger partial charge in [-0.1, -0.05) is 18.2 Å². The summed E-state index contributed by atoms with van der Waals surface area (Å²) in [5.74, 6) is 0.852. The SMILES string of the molecule is OCC(O)Cc1cn(CC(O)CO)c2ccc(-c3ccc(Oc4ccc(F)cc4)cc3)cc12. The van der Waals surface area contributed by atoms with Crippen LogP contribution in [0.2, 0.25) is 0 Å². The van der Waals surface area contributed by atoms with Crippen LogP contribution in [0, 0.1) is 5.82 Å². The average Bonchev–Trinajstić information content (AvgIpc) is 3.16. The van der Waals surface area contributed by atoms with Gasteiger partial charge in [0.2, 0.25) is 0 Å². The molecule has 6 nitrogen and oxygen atoms in total. The summed E-state index contributed by atoms with van der Waals surface area (Å²) < 4.78 is 20.7. The van der Waals surface area contributed by atoms with E-state index in [1.54, 1.807) is 12.1 Å². The van der Waals surface area contributed by atoms with Gasteiger partial charge in [-0.2, -0.15) is 0 Å². The summed E-state index contributed by atoms with van der Waals surface area (Å²) in [6, 6.07) is 19.3. The first-order valence-electron chi connectivity index (χ1n) is 10.7. The number of hydrogen-bond donors (Lipinski definition) is 4. The van der Waals surface area contributed by atoms with Crippen molar-refractivity contribution < 1.29 is 29.6 Å². The highest BCUT2D eigenvalue weighted by molar-refractivity contribution is 5.88. The van der Waals surface area contributed by atoms with Crippen molar-refractivity contribution in [3.8, 4) is 22.6 Å². The number of halogens is 1. The lowest BCUT2D eigenvalue weighted by molar-refractivity contribution is 0.0820. The first-order valence-corrected chi connectivity index (χ1v) is 10.7. The first kappa shape index (κ1) is 22.9. The first-order chi connectivity index (χ1) is 16.0. The van der Waals surface area contributed by atoms with E-state index in [0.29, 0.717) is 11.5 Å². The Bertz CT molecular complexity index is 1200. The quantitative estimate of drug-likeness (QED) is 0.313. The highest BCUT2D eigenvalue weighted by Crippen LogP contribution is 2.31. The Morgan fingerprint density at radius 1 is 0.788 bits per heavy atom. The molecule has 7 heteroatoms. The second-order valence-corrected chi connectivity index (χ2v) is 8.00. The number of benzene rings is 3. The Kier molecular flexibility index (Phi) is 7.05. The molecule has 4 rings (SSSR count). The lowest BCUT2D eigenvalue weighted by Gasteiger charge is -2.10. The molecule has 1 aromatic heterocycles. The van der Waals surface area contributed by atoms with Crippen LogP contribution in [0.1, 0.15) is 5.56 Å². The summed E-state index contributed by atoms with van der Waals surface area (Å²) in [6.45, 7) is -0.475.